The molecule has 5 heteroatoms. The number of amides is 1. The van der Waals surface area contributed by atoms with Gasteiger partial charge in [-0.15, -0.1) is 0 Å². The summed E-state index contributed by atoms with van der Waals surface area (Å²) >= 11 is 0. The average molecular weight is 317 g/mol. The SMILES string of the molecule is Cc1ccc(OC2CCN(C(=O)C3CCC3C(=O)O)CC2)cc1. The summed E-state index contributed by atoms with van der Waals surface area (Å²) in [7, 11) is 0. The van der Waals surface area contributed by atoms with E-state index in [0.717, 1.165) is 18.6 Å². The summed E-state index contributed by atoms with van der Waals surface area (Å²) in [5, 5.41) is 9.09. The fourth-order valence-corrected chi connectivity index (χ4v) is 3.33. The minimum absolute atomic E-state index is 0.0115. The molecular formula is C18H23NO4. The van der Waals surface area contributed by atoms with Gasteiger partial charge in [-0.25, -0.2) is 0 Å². The summed E-state index contributed by atoms with van der Waals surface area (Å²) in [6, 6.07) is 7.99. The molecule has 1 aromatic carbocycles. The number of aryl methyl sites for hydroxylation is 1. The molecule has 124 valence electrons. The second-order valence-electron chi connectivity index (χ2n) is 6.58. The van der Waals surface area contributed by atoms with E-state index in [1.54, 1.807) is 0 Å². The monoisotopic (exact) mass is 317 g/mol. The molecule has 1 saturated heterocycles. The molecule has 1 saturated carbocycles. The van der Waals surface area contributed by atoms with Crippen molar-refractivity contribution in [2.24, 2.45) is 11.8 Å². The second kappa shape index (κ2) is 6.60. The fourth-order valence-electron chi connectivity index (χ4n) is 3.33. The van der Waals surface area contributed by atoms with Gasteiger partial charge in [-0.3, -0.25) is 9.59 Å². The van der Waals surface area contributed by atoms with Crippen LogP contribution in [0, 0.1) is 18.8 Å². The van der Waals surface area contributed by atoms with Crippen molar-refractivity contribution < 1.29 is 19.4 Å². The van der Waals surface area contributed by atoms with Gasteiger partial charge in [0.1, 0.15) is 11.9 Å². The zero-order chi connectivity index (χ0) is 16.4. The molecule has 0 aromatic heterocycles. The van der Waals surface area contributed by atoms with Crippen LogP contribution in [0.3, 0.4) is 0 Å². The molecule has 2 aliphatic rings. The molecular weight excluding hydrogens is 294 g/mol. The highest BCUT2D eigenvalue weighted by atomic mass is 16.5. The van der Waals surface area contributed by atoms with Gasteiger partial charge >= 0.3 is 5.97 Å². The molecule has 1 aliphatic carbocycles. The average Bonchev–Trinajstić information content (AvgIpc) is 2.48. The van der Waals surface area contributed by atoms with Gasteiger partial charge in [-0.1, -0.05) is 17.7 Å². The van der Waals surface area contributed by atoms with Crippen molar-refractivity contribution in [1.29, 1.82) is 0 Å². The molecule has 1 aromatic rings. The third kappa shape index (κ3) is 3.49. The van der Waals surface area contributed by atoms with Gasteiger partial charge in [0, 0.05) is 25.9 Å². The minimum Gasteiger partial charge on any atom is -0.490 e. The number of aliphatic carboxylic acids is 1. The van der Waals surface area contributed by atoms with Crippen LogP contribution in [0.15, 0.2) is 24.3 Å². The number of carbonyl (C=O) groups is 2. The lowest BCUT2D eigenvalue weighted by Crippen LogP contribution is -2.49. The number of piperidine rings is 1. The smallest absolute Gasteiger partial charge is 0.307 e. The van der Waals surface area contributed by atoms with Crippen molar-refractivity contribution >= 4 is 11.9 Å². The summed E-state index contributed by atoms with van der Waals surface area (Å²) in [6.45, 7) is 3.34. The van der Waals surface area contributed by atoms with Crippen LogP contribution in [0.5, 0.6) is 5.75 Å². The van der Waals surface area contributed by atoms with Crippen molar-refractivity contribution in [3.8, 4) is 5.75 Å². The van der Waals surface area contributed by atoms with Crippen LogP contribution < -0.4 is 4.74 Å². The number of carboxylic acid groups (broad SMARTS) is 1. The first-order valence-electron chi connectivity index (χ1n) is 8.29. The Kier molecular flexibility index (Phi) is 4.55. The molecule has 1 N–H and O–H groups in total. The van der Waals surface area contributed by atoms with Crippen molar-refractivity contribution in [1.82, 2.24) is 4.90 Å². The quantitative estimate of drug-likeness (QED) is 0.926. The first-order valence-corrected chi connectivity index (χ1v) is 8.29. The van der Waals surface area contributed by atoms with Gasteiger partial charge in [-0.2, -0.15) is 0 Å². The predicted octanol–water partition coefficient (Wildman–Crippen LogP) is 2.48. The Hall–Kier alpha value is -2.04. The molecule has 0 bridgehead atoms. The Labute approximate surface area is 136 Å². The molecule has 1 amide bonds. The lowest BCUT2D eigenvalue weighted by Gasteiger charge is -2.39. The Morgan fingerprint density at radius 3 is 2.17 bits per heavy atom. The number of carbonyl (C=O) groups excluding carboxylic acids is 1. The van der Waals surface area contributed by atoms with E-state index >= 15 is 0 Å². The van der Waals surface area contributed by atoms with Gasteiger partial charge in [0.2, 0.25) is 5.91 Å². The van der Waals surface area contributed by atoms with E-state index in [1.807, 2.05) is 36.1 Å². The fraction of sp³-hybridized carbons (Fsp3) is 0.556. The normalized spacial score (nSPS) is 24.8. The van der Waals surface area contributed by atoms with E-state index in [9.17, 15) is 9.59 Å². The van der Waals surface area contributed by atoms with Crippen LogP contribution in [0.2, 0.25) is 0 Å². The van der Waals surface area contributed by atoms with Crippen molar-refractivity contribution in [3.05, 3.63) is 29.8 Å². The number of carboxylic acids is 1. The third-order valence-corrected chi connectivity index (χ3v) is 4.99. The highest BCUT2D eigenvalue weighted by molar-refractivity contribution is 5.86. The number of hydrogen-bond donors (Lipinski definition) is 1. The van der Waals surface area contributed by atoms with E-state index in [-0.39, 0.29) is 17.9 Å². The number of likely N-dealkylation sites (tertiary alicyclic amines) is 1. The highest BCUT2D eigenvalue weighted by Crippen LogP contribution is 2.36. The van der Waals surface area contributed by atoms with E-state index in [4.69, 9.17) is 9.84 Å². The number of nitrogens with zero attached hydrogens (tertiary/aromatic N) is 1. The molecule has 0 radical (unpaired) electrons. The van der Waals surface area contributed by atoms with E-state index < -0.39 is 11.9 Å². The Balaban J connectivity index is 1.49. The zero-order valence-corrected chi connectivity index (χ0v) is 13.4. The second-order valence-corrected chi connectivity index (χ2v) is 6.58. The van der Waals surface area contributed by atoms with Gasteiger partial charge in [0.25, 0.3) is 0 Å². The molecule has 1 aliphatic heterocycles. The van der Waals surface area contributed by atoms with Crippen molar-refractivity contribution in [2.45, 2.75) is 38.7 Å². The molecule has 23 heavy (non-hydrogen) atoms. The van der Waals surface area contributed by atoms with Gasteiger partial charge in [0.15, 0.2) is 0 Å². The Morgan fingerprint density at radius 2 is 1.65 bits per heavy atom. The largest absolute Gasteiger partial charge is 0.490 e. The van der Waals surface area contributed by atoms with Crippen LogP contribution in [-0.2, 0) is 9.59 Å². The van der Waals surface area contributed by atoms with Gasteiger partial charge in [0.05, 0.1) is 11.8 Å². The summed E-state index contributed by atoms with van der Waals surface area (Å²) in [5.41, 5.74) is 1.20. The maximum atomic E-state index is 12.4. The lowest BCUT2D eigenvalue weighted by atomic mass is 9.72. The highest BCUT2D eigenvalue weighted by Gasteiger charge is 2.43. The number of benzene rings is 1. The predicted molar refractivity (Wildman–Crippen MR) is 85.3 cm³/mol. The molecule has 0 spiro atoms. The van der Waals surface area contributed by atoms with Crippen molar-refractivity contribution in [2.75, 3.05) is 13.1 Å². The van der Waals surface area contributed by atoms with Gasteiger partial charge < -0.3 is 14.7 Å². The summed E-state index contributed by atoms with van der Waals surface area (Å²) in [5.74, 6) is -0.763. The number of rotatable bonds is 4. The lowest BCUT2D eigenvalue weighted by molar-refractivity contribution is -0.157. The van der Waals surface area contributed by atoms with E-state index in [0.29, 0.717) is 25.9 Å². The topological polar surface area (TPSA) is 66.8 Å². The molecule has 5 nitrogen and oxygen atoms in total. The summed E-state index contributed by atoms with van der Waals surface area (Å²) < 4.78 is 5.97. The molecule has 3 rings (SSSR count). The summed E-state index contributed by atoms with van der Waals surface area (Å²) in [4.78, 5) is 25.3. The first kappa shape index (κ1) is 15.8. The number of ether oxygens (including phenoxy) is 1. The van der Waals surface area contributed by atoms with Crippen LogP contribution >= 0.6 is 0 Å². The van der Waals surface area contributed by atoms with Gasteiger partial charge in [-0.05, 0) is 31.9 Å². The third-order valence-electron chi connectivity index (χ3n) is 4.99. The Bertz CT molecular complexity index is 575. The first-order chi connectivity index (χ1) is 11.0. The zero-order valence-electron chi connectivity index (χ0n) is 13.4. The van der Waals surface area contributed by atoms with Crippen LogP contribution in [0.4, 0.5) is 0 Å². The summed E-state index contributed by atoms with van der Waals surface area (Å²) in [6.07, 6.45) is 3.04. The standard InChI is InChI=1S/C18H23NO4/c1-12-2-4-13(5-3-12)23-14-8-10-19(11-9-14)17(20)15-6-7-16(15)18(21)22/h2-5,14-16H,6-11H2,1H3,(H,21,22). The molecule has 2 fully saturated rings. The molecule has 1 heterocycles. The Morgan fingerprint density at radius 1 is 1.04 bits per heavy atom. The van der Waals surface area contributed by atoms with Crippen LogP contribution in [0.1, 0.15) is 31.2 Å². The maximum absolute atomic E-state index is 12.4. The van der Waals surface area contributed by atoms with Crippen LogP contribution in [0.25, 0.3) is 0 Å². The maximum Gasteiger partial charge on any atom is 0.307 e. The number of hydrogen-bond acceptors (Lipinski definition) is 3. The molecule has 2 atom stereocenters. The van der Waals surface area contributed by atoms with Crippen LogP contribution in [-0.4, -0.2) is 41.1 Å². The minimum atomic E-state index is -0.841. The molecule has 2 unspecified atom stereocenters. The van der Waals surface area contributed by atoms with E-state index in [2.05, 4.69) is 0 Å². The van der Waals surface area contributed by atoms with Crippen molar-refractivity contribution in [3.63, 3.8) is 0 Å². The van der Waals surface area contributed by atoms with E-state index in [1.165, 1.54) is 5.56 Å².